The predicted molar refractivity (Wildman–Crippen MR) is 74.9 cm³/mol. The van der Waals surface area contributed by atoms with Gasteiger partial charge in [0.15, 0.2) is 0 Å². The van der Waals surface area contributed by atoms with Gasteiger partial charge in [-0.05, 0) is 44.9 Å². The molecular weight excluding hydrogens is 264 g/mol. The number of rotatable bonds is 2. The van der Waals surface area contributed by atoms with Crippen LogP contribution in [0.1, 0.15) is 32.9 Å². The van der Waals surface area contributed by atoms with Crippen molar-refractivity contribution in [3.05, 3.63) is 45.3 Å². The van der Waals surface area contributed by atoms with Gasteiger partial charge in [0, 0.05) is 0 Å². The zero-order chi connectivity index (χ0) is 14.2. The summed E-state index contributed by atoms with van der Waals surface area (Å²) < 4.78 is 4.99. The molecule has 1 N–H and O–H groups in total. The fourth-order valence-corrected chi connectivity index (χ4v) is 2.43. The van der Waals surface area contributed by atoms with Crippen molar-refractivity contribution in [2.45, 2.75) is 27.7 Å². The van der Waals surface area contributed by atoms with E-state index in [-0.39, 0.29) is 5.91 Å². The fraction of sp³-hybridized carbons (Fsp3) is 0.286. The summed E-state index contributed by atoms with van der Waals surface area (Å²) in [6, 6.07) is 3.78. The van der Waals surface area contributed by atoms with Crippen LogP contribution in [0.3, 0.4) is 0 Å². The summed E-state index contributed by atoms with van der Waals surface area (Å²) >= 11 is 6.17. The van der Waals surface area contributed by atoms with Gasteiger partial charge >= 0.3 is 0 Å². The Morgan fingerprint density at radius 2 is 1.95 bits per heavy atom. The number of carbonyl (C=O) groups is 1. The average molecular weight is 279 g/mol. The first-order valence-corrected chi connectivity index (χ1v) is 6.29. The molecular formula is C14H15ClN2O2. The standard InChI is InChI=1S/C14H15ClN2O2/c1-7-5-8(2)13(11(15)6-7)16-14(18)12-9(3)17-19-10(12)4/h5-6H,1-4H3,(H,16,18). The number of aromatic nitrogens is 1. The number of carbonyl (C=O) groups excluding carboxylic acids is 1. The summed E-state index contributed by atoms with van der Waals surface area (Å²) in [4.78, 5) is 12.2. The fourth-order valence-electron chi connectivity index (χ4n) is 2.06. The smallest absolute Gasteiger partial charge is 0.261 e. The van der Waals surface area contributed by atoms with Crippen molar-refractivity contribution in [1.82, 2.24) is 5.16 Å². The second kappa shape index (κ2) is 5.05. The van der Waals surface area contributed by atoms with Gasteiger partial charge in [0.25, 0.3) is 5.91 Å². The summed E-state index contributed by atoms with van der Waals surface area (Å²) in [5, 5.41) is 7.11. The highest BCUT2D eigenvalue weighted by Crippen LogP contribution is 2.28. The van der Waals surface area contributed by atoms with Crippen LogP contribution in [0.2, 0.25) is 5.02 Å². The van der Waals surface area contributed by atoms with Gasteiger partial charge in [0.05, 0.1) is 16.4 Å². The Morgan fingerprint density at radius 1 is 1.26 bits per heavy atom. The van der Waals surface area contributed by atoms with Crippen LogP contribution >= 0.6 is 11.6 Å². The van der Waals surface area contributed by atoms with E-state index in [1.165, 1.54) is 0 Å². The predicted octanol–water partition coefficient (Wildman–Crippen LogP) is 3.81. The van der Waals surface area contributed by atoms with E-state index in [9.17, 15) is 4.79 Å². The molecule has 2 aromatic rings. The highest BCUT2D eigenvalue weighted by Gasteiger charge is 2.19. The van der Waals surface area contributed by atoms with Crippen LogP contribution in [0.4, 0.5) is 5.69 Å². The van der Waals surface area contributed by atoms with Gasteiger partial charge in [-0.2, -0.15) is 0 Å². The molecule has 0 aliphatic rings. The Morgan fingerprint density at radius 3 is 2.47 bits per heavy atom. The molecule has 1 aromatic carbocycles. The Kier molecular flexibility index (Phi) is 3.62. The first kappa shape index (κ1) is 13.6. The van der Waals surface area contributed by atoms with Crippen LogP contribution in [0.25, 0.3) is 0 Å². The molecule has 0 radical (unpaired) electrons. The number of nitrogens with one attached hydrogen (secondary N) is 1. The van der Waals surface area contributed by atoms with Crippen LogP contribution in [-0.4, -0.2) is 11.1 Å². The average Bonchev–Trinajstić information content (AvgIpc) is 2.63. The van der Waals surface area contributed by atoms with Gasteiger partial charge in [0.1, 0.15) is 11.3 Å². The van der Waals surface area contributed by atoms with Crippen molar-refractivity contribution in [2.75, 3.05) is 5.32 Å². The van der Waals surface area contributed by atoms with Crippen LogP contribution < -0.4 is 5.32 Å². The van der Waals surface area contributed by atoms with Crippen LogP contribution in [-0.2, 0) is 0 Å². The van der Waals surface area contributed by atoms with Crippen LogP contribution in [0.5, 0.6) is 0 Å². The molecule has 1 amide bonds. The zero-order valence-corrected chi connectivity index (χ0v) is 12.1. The van der Waals surface area contributed by atoms with E-state index in [1.807, 2.05) is 26.0 Å². The maximum Gasteiger partial charge on any atom is 0.261 e. The minimum Gasteiger partial charge on any atom is -0.361 e. The number of aryl methyl sites for hydroxylation is 4. The Bertz CT molecular complexity index is 604. The number of amides is 1. The third kappa shape index (κ3) is 2.63. The third-order valence-electron chi connectivity index (χ3n) is 2.93. The van der Waals surface area contributed by atoms with E-state index in [0.717, 1.165) is 11.1 Å². The lowest BCUT2D eigenvalue weighted by atomic mass is 10.1. The number of anilines is 1. The number of hydrogen-bond acceptors (Lipinski definition) is 3. The van der Waals surface area contributed by atoms with Gasteiger partial charge in [-0.25, -0.2) is 0 Å². The van der Waals surface area contributed by atoms with E-state index < -0.39 is 0 Å². The zero-order valence-electron chi connectivity index (χ0n) is 11.3. The third-order valence-corrected chi connectivity index (χ3v) is 3.23. The summed E-state index contributed by atoms with van der Waals surface area (Å²) in [6.07, 6.45) is 0. The lowest BCUT2D eigenvalue weighted by molar-refractivity contribution is 0.102. The molecule has 0 saturated carbocycles. The summed E-state index contributed by atoms with van der Waals surface area (Å²) in [7, 11) is 0. The van der Waals surface area contributed by atoms with Crippen molar-refractivity contribution < 1.29 is 9.32 Å². The van der Waals surface area contributed by atoms with Crippen molar-refractivity contribution in [3.63, 3.8) is 0 Å². The lowest BCUT2D eigenvalue weighted by Crippen LogP contribution is -2.14. The van der Waals surface area contributed by atoms with Crippen LogP contribution in [0.15, 0.2) is 16.7 Å². The lowest BCUT2D eigenvalue weighted by Gasteiger charge is -2.11. The number of nitrogens with zero attached hydrogens (tertiary/aromatic N) is 1. The van der Waals surface area contributed by atoms with Crippen molar-refractivity contribution >= 4 is 23.2 Å². The van der Waals surface area contributed by atoms with E-state index in [2.05, 4.69) is 10.5 Å². The minimum absolute atomic E-state index is 0.259. The minimum atomic E-state index is -0.259. The molecule has 0 unspecified atom stereocenters. The molecule has 0 atom stereocenters. The molecule has 19 heavy (non-hydrogen) atoms. The molecule has 0 bridgehead atoms. The van der Waals surface area contributed by atoms with E-state index >= 15 is 0 Å². The molecule has 0 spiro atoms. The van der Waals surface area contributed by atoms with E-state index in [0.29, 0.717) is 27.7 Å². The SMILES string of the molecule is Cc1cc(C)c(NC(=O)c2c(C)noc2C)c(Cl)c1. The Hall–Kier alpha value is -1.81. The van der Waals surface area contributed by atoms with E-state index in [4.69, 9.17) is 16.1 Å². The summed E-state index contributed by atoms with van der Waals surface area (Å²) in [5.41, 5.74) is 3.62. The monoisotopic (exact) mass is 278 g/mol. The maximum absolute atomic E-state index is 12.2. The molecule has 0 saturated heterocycles. The number of benzene rings is 1. The van der Waals surface area contributed by atoms with Gasteiger partial charge in [-0.1, -0.05) is 22.8 Å². The van der Waals surface area contributed by atoms with Gasteiger partial charge in [0.2, 0.25) is 0 Å². The number of halogens is 1. The topological polar surface area (TPSA) is 55.1 Å². The second-order valence-corrected chi connectivity index (χ2v) is 5.00. The maximum atomic E-state index is 12.2. The Balaban J connectivity index is 2.35. The van der Waals surface area contributed by atoms with Gasteiger partial charge in [-0.3, -0.25) is 4.79 Å². The van der Waals surface area contributed by atoms with Gasteiger partial charge < -0.3 is 9.84 Å². The normalized spacial score (nSPS) is 10.6. The molecule has 1 heterocycles. The molecule has 0 aliphatic carbocycles. The highest BCUT2D eigenvalue weighted by atomic mass is 35.5. The molecule has 1 aromatic heterocycles. The van der Waals surface area contributed by atoms with Crippen molar-refractivity contribution in [2.24, 2.45) is 0 Å². The van der Waals surface area contributed by atoms with E-state index in [1.54, 1.807) is 13.8 Å². The molecule has 4 nitrogen and oxygen atoms in total. The van der Waals surface area contributed by atoms with Crippen LogP contribution in [0, 0.1) is 27.7 Å². The summed E-state index contributed by atoms with van der Waals surface area (Å²) in [6.45, 7) is 7.30. The van der Waals surface area contributed by atoms with Gasteiger partial charge in [-0.15, -0.1) is 0 Å². The largest absolute Gasteiger partial charge is 0.361 e. The Labute approximate surface area is 116 Å². The first-order chi connectivity index (χ1) is 8.90. The molecule has 0 fully saturated rings. The molecule has 2 rings (SSSR count). The first-order valence-electron chi connectivity index (χ1n) is 5.91. The molecule has 100 valence electrons. The summed E-state index contributed by atoms with van der Waals surface area (Å²) in [5.74, 6) is 0.237. The quantitative estimate of drug-likeness (QED) is 0.909. The highest BCUT2D eigenvalue weighted by molar-refractivity contribution is 6.34. The van der Waals surface area contributed by atoms with Crippen molar-refractivity contribution in [3.8, 4) is 0 Å². The number of hydrogen-bond donors (Lipinski definition) is 1. The second-order valence-electron chi connectivity index (χ2n) is 4.59. The molecule has 0 aliphatic heterocycles. The molecule has 5 heteroatoms. The van der Waals surface area contributed by atoms with Crippen molar-refractivity contribution in [1.29, 1.82) is 0 Å².